The normalized spacial score (nSPS) is 13.4. The quantitative estimate of drug-likeness (QED) is 0.805. The minimum absolute atomic E-state index is 0.202. The summed E-state index contributed by atoms with van der Waals surface area (Å²) in [6, 6.07) is 5.26. The number of ether oxygens (including phenoxy) is 2. The molecule has 1 aromatic carbocycles. The van der Waals surface area contributed by atoms with Crippen molar-refractivity contribution in [1.29, 1.82) is 0 Å². The van der Waals surface area contributed by atoms with E-state index in [0.29, 0.717) is 30.2 Å². The van der Waals surface area contributed by atoms with Crippen LogP contribution in [-0.4, -0.2) is 25.2 Å². The lowest BCUT2D eigenvalue weighted by molar-refractivity contribution is -0.120. The number of nitrogens with two attached hydrogens (primary N) is 1. The Morgan fingerprint density at radius 1 is 1.35 bits per heavy atom. The monoisotopic (exact) mass is 280 g/mol. The maximum absolute atomic E-state index is 12.1. The van der Waals surface area contributed by atoms with E-state index in [2.05, 4.69) is 5.32 Å². The Labute approximate surface area is 120 Å². The first-order valence-electron chi connectivity index (χ1n) is 6.85. The molecule has 1 rings (SSSR count). The molecule has 0 heterocycles. The Hall–Kier alpha value is -1.75. The zero-order chi connectivity index (χ0) is 15.2. The van der Waals surface area contributed by atoms with Gasteiger partial charge < -0.3 is 20.5 Å². The molecule has 20 heavy (non-hydrogen) atoms. The second-order valence-corrected chi connectivity index (χ2v) is 4.92. The van der Waals surface area contributed by atoms with Crippen molar-refractivity contribution in [2.75, 3.05) is 19.0 Å². The second kappa shape index (κ2) is 7.14. The molecule has 3 N–H and O–H groups in total. The van der Waals surface area contributed by atoms with Gasteiger partial charge >= 0.3 is 0 Å². The molecule has 0 aliphatic rings. The van der Waals surface area contributed by atoms with Crippen LogP contribution >= 0.6 is 0 Å². The van der Waals surface area contributed by atoms with Crippen LogP contribution in [0, 0.1) is 0 Å². The molecule has 0 fully saturated rings. The predicted molar refractivity (Wildman–Crippen MR) is 80.3 cm³/mol. The van der Waals surface area contributed by atoms with Crippen LogP contribution in [0.15, 0.2) is 18.2 Å². The molecule has 0 bridgehead atoms. The van der Waals surface area contributed by atoms with Crippen LogP contribution < -0.4 is 20.5 Å². The lowest BCUT2D eigenvalue weighted by Gasteiger charge is -2.23. The number of methoxy groups -OCH3 is 1. The van der Waals surface area contributed by atoms with Gasteiger partial charge in [-0.05, 0) is 32.4 Å². The summed E-state index contributed by atoms with van der Waals surface area (Å²) in [5.41, 5.74) is 5.77. The number of nitrogens with one attached hydrogen (secondary N) is 1. The SMILES string of the molecule is CCCC(C)(N)C(=O)Nc1ccc(OC)c(OCC)c1. The van der Waals surface area contributed by atoms with Gasteiger partial charge in [0.25, 0.3) is 0 Å². The number of benzene rings is 1. The van der Waals surface area contributed by atoms with Crippen LogP contribution in [0.1, 0.15) is 33.6 Å². The highest BCUT2D eigenvalue weighted by molar-refractivity contribution is 5.97. The summed E-state index contributed by atoms with van der Waals surface area (Å²) in [7, 11) is 1.58. The summed E-state index contributed by atoms with van der Waals surface area (Å²) in [4.78, 5) is 12.1. The smallest absolute Gasteiger partial charge is 0.244 e. The molecular formula is C15H24N2O3. The number of anilines is 1. The first-order valence-corrected chi connectivity index (χ1v) is 6.85. The van der Waals surface area contributed by atoms with E-state index in [9.17, 15) is 4.79 Å². The summed E-state index contributed by atoms with van der Waals surface area (Å²) in [5.74, 6) is 1.03. The van der Waals surface area contributed by atoms with E-state index < -0.39 is 5.54 Å². The Bertz CT molecular complexity index is 458. The molecule has 1 atom stereocenters. The van der Waals surface area contributed by atoms with Gasteiger partial charge in [-0.1, -0.05) is 13.3 Å². The lowest BCUT2D eigenvalue weighted by Crippen LogP contribution is -2.48. The molecule has 1 amide bonds. The molecule has 0 radical (unpaired) electrons. The molecule has 0 spiro atoms. The van der Waals surface area contributed by atoms with Crippen LogP contribution in [0.5, 0.6) is 11.5 Å². The van der Waals surface area contributed by atoms with E-state index in [1.165, 1.54) is 0 Å². The average molecular weight is 280 g/mol. The third kappa shape index (κ3) is 4.13. The van der Waals surface area contributed by atoms with Crippen LogP contribution in [0.2, 0.25) is 0 Å². The second-order valence-electron chi connectivity index (χ2n) is 4.92. The number of hydrogen-bond acceptors (Lipinski definition) is 4. The van der Waals surface area contributed by atoms with Crippen molar-refractivity contribution in [3.63, 3.8) is 0 Å². The molecule has 0 saturated carbocycles. The average Bonchev–Trinajstić information content (AvgIpc) is 2.39. The highest BCUT2D eigenvalue weighted by atomic mass is 16.5. The largest absolute Gasteiger partial charge is 0.493 e. The number of carbonyl (C=O) groups excluding carboxylic acids is 1. The number of carbonyl (C=O) groups is 1. The predicted octanol–water partition coefficient (Wildman–Crippen LogP) is 2.55. The molecule has 5 nitrogen and oxygen atoms in total. The van der Waals surface area contributed by atoms with Crippen molar-refractivity contribution in [3.05, 3.63) is 18.2 Å². The van der Waals surface area contributed by atoms with Gasteiger partial charge in [0, 0.05) is 11.8 Å². The Kier molecular flexibility index (Phi) is 5.82. The van der Waals surface area contributed by atoms with Crippen molar-refractivity contribution >= 4 is 11.6 Å². The van der Waals surface area contributed by atoms with E-state index in [0.717, 1.165) is 6.42 Å². The fourth-order valence-electron chi connectivity index (χ4n) is 1.93. The van der Waals surface area contributed by atoms with Crippen molar-refractivity contribution in [1.82, 2.24) is 0 Å². The van der Waals surface area contributed by atoms with E-state index in [1.807, 2.05) is 13.8 Å². The number of amides is 1. The third-order valence-electron chi connectivity index (χ3n) is 3.01. The lowest BCUT2D eigenvalue weighted by atomic mass is 9.96. The van der Waals surface area contributed by atoms with Gasteiger partial charge in [-0.3, -0.25) is 4.79 Å². The molecule has 0 aliphatic heterocycles. The number of hydrogen-bond donors (Lipinski definition) is 2. The van der Waals surface area contributed by atoms with Crippen LogP contribution in [0.3, 0.4) is 0 Å². The van der Waals surface area contributed by atoms with Crippen molar-refractivity contribution in [3.8, 4) is 11.5 Å². The van der Waals surface area contributed by atoms with Crippen molar-refractivity contribution in [2.45, 2.75) is 39.2 Å². The molecule has 0 saturated heterocycles. The summed E-state index contributed by atoms with van der Waals surface area (Å²) in [6.45, 7) is 6.15. The van der Waals surface area contributed by atoms with Gasteiger partial charge in [0.15, 0.2) is 11.5 Å². The van der Waals surface area contributed by atoms with Gasteiger partial charge in [-0.15, -0.1) is 0 Å². The first-order chi connectivity index (χ1) is 9.44. The van der Waals surface area contributed by atoms with Crippen molar-refractivity contribution in [2.24, 2.45) is 5.73 Å². The van der Waals surface area contributed by atoms with E-state index in [-0.39, 0.29) is 5.91 Å². The Balaban J connectivity index is 2.87. The van der Waals surface area contributed by atoms with Crippen LogP contribution in [0.4, 0.5) is 5.69 Å². The van der Waals surface area contributed by atoms with Gasteiger partial charge in [-0.2, -0.15) is 0 Å². The van der Waals surface area contributed by atoms with E-state index in [4.69, 9.17) is 15.2 Å². The zero-order valence-electron chi connectivity index (χ0n) is 12.7. The fraction of sp³-hybridized carbons (Fsp3) is 0.533. The van der Waals surface area contributed by atoms with Gasteiger partial charge in [-0.25, -0.2) is 0 Å². The molecule has 5 heteroatoms. The number of rotatable bonds is 7. The molecule has 0 aliphatic carbocycles. The van der Waals surface area contributed by atoms with Gasteiger partial charge in [0.1, 0.15) is 0 Å². The van der Waals surface area contributed by atoms with E-state index >= 15 is 0 Å². The first kappa shape index (κ1) is 16.3. The van der Waals surface area contributed by atoms with E-state index in [1.54, 1.807) is 32.2 Å². The Morgan fingerprint density at radius 2 is 2.05 bits per heavy atom. The summed E-state index contributed by atoms with van der Waals surface area (Å²) in [6.07, 6.45) is 1.49. The molecular weight excluding hydrogens is 256 g/mol. The van der Waals surface area contributed by atoms with Crippen LogP contribution in [0.25, 0.3) is 0 Å². The van der Waals surface area contributed by atoms with Crippen LogP contribution in [-0.2, 0) is 4.79 Å². The molecule has 112 valence electrons. The topological polar surface area (TPSA) is 73.6 Å². The molecule has 1 unspecified atom stereocenters. The highest BCUT2D eigenvalue weighted by Crippen LogP contribution is 2.30. The minimum atomic E-state index is -0.875. The Morgan fingerprint density at radius 3 is 2.60 bits per heavy atom. The van der Waals surface area contributed by atoms with Gasteiger partial charge in [0.05, 0.1) is 19.3 Å². The summed E-state index contributed by atoms with van der Waals surface area (Å²) >= 11 is 0. The molecule has 1 aromatic rings. The highest BCUT2D eigenvalue weighted by Gasteiger charge is 2.27. The fourth-order valence-corrected chi connectivity index (χ4v) is 1.93. The molecule has 0 aromatic heterocycles. The maximum atomic E-state index is 12.1. The minimum Gasteiger partial charge on any atom is -0.493 e. The summed E-state index contributed by atoms with van der Waals surface area (Å²) in [5, 5.41) is 2.82. The summed E-state index contributed by atoms with van der Waals surface area (Å²) < 4.78 is 10.7. The maximum Gasteiger partial charge on any atom is 0.244 e. The van der Waals surface area contributed by atoms with Crippen molar-refractivity contribution < 1.29 is 14.3 Å². The third-order valence-corrected chi connectivity index (χ3v) is 3.01. The van der Waals surface area contributed by atoms with Gasteiger partial charge in [0.2, 0.25) is 5.91 Å². The standard InChI is InChI=1S/C15H24N2O3/c1-5-9-15(3,16)14(18)17-11-7-8-12(19-4)13(10-11)20-6-2/h7-8,10H,5-6,9,16H2,1-4H3,(H,17,18). The zero-order valence-corrected chi connectivity index (χ0v) is 12.7.